The number of benzene rings is 1. The first kappa shape index (κ1) is 12.4. The van der Waals surface area contributed by atoms with Crippen molar-refractivity contribution in [2.75, 3.05) is 0 Å². The number of halogens is 3. The molecule has 1 aromatic heterocycles. The molecule has 0 unspecified atom stereocenters. The number of aldehydes is 1. The number of fused-ring (bicyclic) bond motifs is 1. The number of nitrogens with zero attached hydrogens (tertiary/aromatic N) is 1. The Labute approximate surface area is 101 Å². The lowest BCUT2D eigenvalue weighted by Gasteiger charge is -2.09. The van der Waals surface area contributed by atoms with E-state index in [0.717, 1.165) is 0 Å². The summed E-state index contributed by atoms with van der Waals surface area (Å²) >= 11 is 0. The van der Waals surface area contributed by atoms with Gasteiger partial charge in [-0.2, -0.15) is 13.2 Å². The van der Waals surface area contributed by atoms with Crippen LogP contribution in [0.1, 0.15) is 5.56 Å². The Hall–Kier alpha value is -2.04. The minimum Gasteiger partial charge on any atom is -0.350 e. The van der Waals surface area contributed by atoms with Gasteiger partial charge in [0.15, 0.2) is 0 Å². The summed E-state index contributed by atoms with van der Waals surface area (Å²) in [6.07, 6.45) is -2.45. The van der Waals surface area contributed by atoms with Crippen molar-refractivity contribution in [3.8, 4) is 0 Å². The van der Waals surface area contributed by atoms with E-state index >= 15 is 0 Å². The van der Waals surface area contributed by atoms with Crippen molar-refractivity contribution in [1.82, 2.24) is 4.57 Å². The summed E-state index contributed by atoms with van der Waals surface area (Å²) in [6, 6.07) is 6.76. The predicted octanol–water partition coefficient (Wildman–Crippen LogP) is 3.32. The molecule has 0 aliphatic heterocycles. The molecule has 0 saturated heterocycles. The number of aromatic nitrogens is 1. The van der Waals surface area contributed by atoms with Crippen molar-refractivity contribution in [2.24, 2.45) is 7.05 Å². The van der Waals surface area contributed by atoms with Gasteiger partial charge in [-0.05, 0) is 12.1 Å². The summed E-state index contributed by atoms with van der Waals surface area (Å²) in [6.45, 7) is 0. The molecule has 0 aliphatic carbocycles. The highest BCUT2D eigenvalue weighted by Crippen LogP contribution is 2.37. The number of carbonyl (C=O) groups is 1. The molecule has 1 heterocycles. The quantitative estimate of drug-likeness (QED) is 0.594. The van der Waals surface area contributed by atoms with Crippen molar-refractivity contribution in [3.63, 3.8) is 0 Å². The molecule has 0 saturated carbocycles. The second kappa shape index (κ2) is 4.33. The fraction of sp³-hybridized carbons (Fsp3) is 0.154. The van der Waals surface area contributed by atoms with Gasteiger partial charge in [-0.15, -0.1) is 0 Å². The third kappa shape index (κ3) is 2.03. The van der Waals surface area contributed by atoms with Crippen LogP contribution in [-0.4, -0.2) is 17.0 Å². The lowest BCUT2D eigenvalue weighted by atomic mass is 10.0. The average Bonchev–Trinajstić information content (AvgIpc) is 2.63. The molecular weight excluding hydrogens is 243 g/mol. The van der Waals surface area contributed by atoms with Gasteiger partial charge in [-0.25, -0.2) is 0 Å². The lowest BCUT2D eigenvalue weighted by Crippen LogP contribution is -2.10. The van der Waals surface area contributed by atoms with Crippen LogP contribution in [0.2, 0.25) is 0 Å². The Morgan fingerprint density at radius 2 is 1.94 bits per heavy atom. The van der Waals surface area contributed by atoms with E-state index in [2.05, 4.69) is 0 Å². The van der Waals surface area contributed by atoms with Crippen LogP contribution >= 0.6 is 0 Å². The molecule has 0 atom stereocenters. The Morgan fingerprint density at radius 1 is 1.28 bits per heavy atom. The molecule has 1 aromatic carbocycles. The van der Waals surface area contributed by atoms with Crippen LogP contribution in [0, 0.1) is 0 Å². The first-order valence-corrected chi connectivity index (χ1v) is 5.22. The van der Waals surface area contributed by atoms with E-state index in [1.54, 1.807) is 35.9 Å². The van der Waals surface area contributed by atoms with E-state index in [9.17, 15) is 18.0 Å². The van der Waals surface area contributed by atoms with Crippen LogP contribution < -0.4 is 0 Å². The fourth-order valence-electron chi connectivity index (χ4n) is 1.96. The van der Waals surface area contributed by atoms with Crippen molar-refractivity contribution >= 4 is 22.8 Å². The third-order valence-corrected chi connectivity index (χ3v) is 2.73. The summed E-state index contributed by atoms with van der Waals surface area (Å²) in [5.74, 6) is 0. The normalized spacial score (nSPS) is 13.0. The number of hydrogen-bond acceptors (Lipinski definition) is 1. The second-order valence-electron chi connectivity index (χ2n) is 3.89. The standard InChI is InChI=1S/C13H10F3NO/c1-17-8-10(9-4-2-3-5-12(9)17)11(6-7-18)13(14,15)16/h2-8H,1H3/b11-6+. The average molecular weight is 253 g/mol. The highest BCUT2D eigenvalue weighted by atomic mass is 19.4. The van der Waals surface area contributed by atoms with E-state index in [4.69, 9.17) is 0 Å². The Balaban J connectivity index is 2.74. The summed E-state index contributed by atoms with van der Waals surface area (Å²) < 4.78 is 40.3. The summed E-state index contributed by atoms with van der Waals surface area (Å²) in [7, 11) is 1.67. The van der Waals surface area contributed by atoms with Crippen LogP contribution in [0.4, 0.5) is 13.2 Å². The number of alkyl halides is 3. The molecular formula is C13H10F3NO. The number of aryl methyl sites for hydroxylation is 1. The zero-order valence-corrected chi connectivity index (χ0v) is 9.53. The zero-order valence-electron chi connectivity index (χ0n) is 9.53. The number of para-hydroxylation sites is 1. The zero-order chi connectivity index (χ0) is 13.3. The number of rotatable bonds is 2. The first-order valence-electron chi connectivity index (χ1n) is 5.22. The van der Waals surface area contributed by atoms with Crippen molar-refractivity contribution in [1.29, 1.82) is 0 Å². The highest BCUT2D eigenvalue weighted by molar-refractivity contribution is 5.97. The number of allylic oxidation sites excluding steroid dienone is 2. The molecule has 0 aliphatic rings. The second-order valence-corrected chi connectivity index (χ2v) is 3.89. The van der Waals surface area contributed by atoms with E-state index in [0.29, 0.717) is 17.0 Å². The molecule has 0 fully saturated rings. The topological polar surface area (TPSA) is 22.0 Å². The maximum atomic E-state index is 12.9. The highest BCUT2D eigenvalue weighted by Gasteiger charge is 2.35. The number of carbonyl (C=O) groups excluding carboxylic acids is 1. The molecule has 0 bridgehead atoms. The maximum absolute atomic E-state index is 12.9. The van der Waals surface area contributed by atoms with Gasteiger partial charge < -0.3 is 4.57 Å². The minimum absolute atomic E-state index is 0.0210. The largest absolute Gasteiger partial charge is 0.417 e. The van der Waals surface area contributed by atoms with Crippen molar-refractivity contribution in [2.45, 2.75) is 6.18 Å². The molecule has 18 heavy (non-hydrogen) atoms. The molecule has 0 amide bonds. The van der Waals surface area contributed by atoms with Crippen LogP contribution in [0.5, 0.6) is 0 Å². The molecule has 2 aromatic rings. The predicted molar refractivity (Wildman–Crippen MR) is 63.0 cm³/mol. The Bertz CT molecular complexity index is 623. The summed E-state index contributed by atoms with van der Waals surface area (Å²) in [4.78, 5) is 10.4. The van der Waals surface area contributed by atoms with E-state index < -0.39 is 11.7 Å². The van der Waals surface area contributed by atoms with Gasteiger partial charge in [0.25, 0.3) is 0 Å². The van der Waals surface area contributed by atoms with Gasteiger partial charge in [-0.1, -0.05) is 18.2 Å². The van der Waals surface area contributed by atoms with Gasteiger partial charge >= 0.3 is 6.18 Å². The third-order valence-electron chi connectivity index (χ3n) is 2.73. The van der Waals surface area contributed by atoms with Gasteiger partial charge in [0.2, 0.25) is 0 Å². The van der Waals surface area contributed by atoms with E-state index in [-0.39, 0.29) is 11.8 Å². The Morgan fingerprint density at radius 3 is 2.56 bits per heavy atom. The maximum Gasteiger partial charge on any atom is 0.417 e. The van der Waals surface area contributed by atoms with E-state index in [1.165, 1.54) is 6.20 Å². The smallest absolute Gasteiger partial charge is 0.350 e. The van der Waals surface area contributed by atoms with Gasteiger partial charge in [-0.3, -0.25) is 4.79 Å². The van der Waals surface area contributed by atoms with Gasteiger partial charge in [0.1, 0.15) is 6.29 Å². The number of hydrogen-bond donors (Lipinski definition) is 0. The van der Waals surface area contributed by atoms with Crippen molar-refractivity contribution < 1.29 is 18.0 Å². The molecule has 2 rings (SSSR count). The van der Waals surface area contributed by atoms with Gasteiger partial charge in [0, 0.05) is 29.7 Å². The Kier molecular flexibility index (Phi) is 2.98. The molecule has 0 N–H and O–H groups in total. The summed E-state index contributed by atoms with van der Waals surface area (Å²) in [5, 5.41) is 0.477. The van der Waals surface area contributed by atoms with Crippen LogP contribution in [0.15, 0.2) is 36.5 Å². The molecule has 0 radical (unpaired) electrons. The SMILES string of the molecule is Cn1cc(/C(=C\C=O)C(F)(F)F)c2ccccc21. The van der Waals surface area contributed by atoms with Gasteiger partial charge in [0.05, 0.1) is 5.57 Å². The summed E-state index contributed by atoms with van der Waals surface area (Å²) in [5.41, 5.74) is -0.212. The van der Waals surface area contributed by atoms with Crippen molar-refractivity contribution in [3.05, 3.63) is 42.1 Å². The van der Waals surface area contributed by atoms with Crippen LogP contribution in [-0.2, 0) is 11.8 Å². The molecule has 2 nitrogen and oxygen atoms in total. The van der Waals surface area contributed by atoms with Crippen LogP contribution in [0.25, 0.3) is 16.5 Å². The first-order chi connectivity index (χ1) is 8.45. The minimum atomic E-state index is -4.55. The molecule has 5 heteroatoms. The van der Waals surface area contributed by atoms with Crippen LogP contribution in [0.3, 0.4) is 0 Å². The molecule has 0 spiro atoms. The van der Waals surface area contributed by atoms with E-state index in [1.807, 2.05) is 0 Å². The lowest BCUT2D eigenvalue weighted by molar-refractivity contribution is -0.104. The fourth-order valence-corrected chi connectivity index (χ4v) is 1.96. The molecule has 94 valence electrons. The monoisotopic (exact) mass is 253 g/mol.